The van der Waals surface area contributed by atoms with Gasteiger partial charge in [0.1, 0.15) is 0 Å². The van der Waals surface area contributed by atoms with Gasteiger partial charge in [0, 0.05) is 21.3 Å². The van der Waals surface area contributed by atoms with Gasteiger partial charge in [-0.1, -0.05) is 16.9 Å². The lowest BCUT2D eigenvalue weighted by molar-refractivity contribution is 0.275. The Labute approximate surface area is 194 Å². The van der Waals surface area contributed by atoms with E-state index in [0.29, 0.717) is 11.5 Å². The molecule has 13 heteroatoms. The fourth-order valence-corrected chi connectivity index (χ4v) is 4.85. The van der Waals surface area contributed by atoms with Crippen LogP contribution in [0.1, 0.15) is 11.1 Å². The Morgan fingerprint density at radius 3 is 2.13 bits per heavy atom. The van der Waals surface area contributed by atoms with Crippen LogP contribution in [0.3, 0.4) is 0 Å². The molecule has 0 aromatic heterocycles. The fraction of sp³-hybridized carbons (Fsp3) is 0.278. The smallest absolute Gasteiger partial charge is 0.312 e. The summed E-state index contributed by atoms with van der Waals surface area (Å²) >= 11 is 10.5. The Kier molecular flexibility index (Phi) is 10.6. The Morgan fingerprint density at radius 1 is 1.03 bits per heavy atom. The number of hydrogen-bond donors (Lipinski definition) is 1. The highest BCUT2D eigenvalue weighted by Crippen LogP contribution is 2.49. The van der Waals surface area contributed by atoms with E-state index in [9.17, 15) is 4.57 Å². The molecule has 31 heavy (non-hydrogen) atoms. The van der Waals surface area contributed by atoms with Gasteiger partial charge in [-0.05, 0) is 47.5 Å². The second-order valence-corrected chi connectivity index (χ2v) is 12.6. The zero-order chi connectivity index (χ0) is 22.9. The number of benzene rings is 2. The molecular weight excluding hydrogens is 495 g/mol. The van der Waals surface area contributed by atoms with E-state index in [1.807, 2.05) is 24.3 Å². The Bertz CT molecular complexity index is 966. The summed E-state index contributed by atoms with van der Waals surface area (Å²) in [5.41, 5.74) is 1.70. The van der Waals surface area contributed by atoms with Crippen molar-refractivity contribution in [3.8, 4) is 11.5 Å². The third kappa shape index (κ3) is 8.60. The van der Waals surface area contributed by atoms with E-state index < -0.39 is 21.7 Å². The van der Waals surface area contributed by atoms with Crippen molar-refractivity contribution in [2.45, 2.75) is 6.16 Å². The maximum Gasteiger partial charge on any atom is 0.540 e. The Hall–Kier alpha value is -1.34. The van der Waals surface area contributed by atoms with Crippen molar-refractivity contribution in [1.29, 1.82) is 0 Å². The van der Waals surface area contributed by atoms with Crippen LogP contribution in [0.25, 0.3) is 0 Å². The molecule has 2 rings (SSSR count). The maximum absolute atomic E-state index is 12.2. The number of hydrogen-bond acceptors (Lipinski definition) is 8. The van der Waals surface area contributed by atoms with Crippen molar-refractivity contribution in [1.82, 2.24) is 9.87 Å². The second-order valence-electron chi connectivity index (χ2n) is 5.98. The monoisotopic (exact) mass is 519 g/mol. The lowest BCUT2D eigenvalue weighted by atomic mass is 10.2. The van der Waals surface area contributed by atoms with Gasteiger partial charge in [0.05, 0.1) is 19.4 Å². The van der Waals surface area contributed by atoms with Gasteiger partial charge in [-0.3, -0.25) is 13.6 Å². The SMILES string of the molecule is CN[P+](=S)Oc1ccc(/C=N/N(C)[P+](=S)Oc2ccc(CP(=O)(OC)OC)cc2)cc1. The molecule has 0 saturated carbocycles. The van der Waals surface area contributed by atoms with Crippen LogP contribution in [0.15, 0.2) is 53.6 Å². The van der Waals surface area contributed by atoms with Gasteiger partial charge in [0.25, 0.3) is 0 Å². The molecule has 0 aliphatic heterocycles. The van der Waals surface area contributed by atoms with Crippen molar-refractivity contribution < 1.29 is 22.7 Å². The number of nitrogens with zero attached hydrogens (tertiary/aromatic N) is 2. The third-order valence-electron chi connectivity index (χ3n) is 3.90. The predicted molar refractivity (Wildman–Crippen MR) is 132 cm³/mol. The van der Waals surface area contributed by atoms with Crippen LogP contribution in [0.2, 0.25) is 0 Å². The van der Waals surface area contributed by atoms with Crippen molar-refractivity contribution in [2.24, 2.45) is 5.10 Å². The summed E-state index contributed by atoms with van der Waals surface area (Å²) < 4.78 is 35.1. The molecule has 0 amide bonds. The van der Waals surface area contributed by atoms with Gasteiger partial charge in [-0.25, -0.2) is 0 Å². The first-order chi connectivity index (χ1) is 14.8. The zero-order valence-electron chi connectivity index (χ0n) is 17.5. The summed E-state index contributed by atoms with van der Waals surface area (Å²) in [6, 6.07) is 14.6. The molecule has 2 unspecified atom stereocenters. The first kappa shape index (κ1) is 25.9. The van der Waals surface area contributed by atoms with Crippen molar-refractivity contribution in [2.75, 3.05) is 28.3 Å². The molecule has 0 spiro atoms. The minimum Gasteiger partial charge on any atom is -0.312 e. The quantitative estimate of drug-likeness (QED) is 0.232. The molecule has 0 fully saturated rings. The van der Waals surface area contributed by atoms with Gasteiger partial charge < -0.3 is 9.05 Å². The van der Waals surface area contributed by atoms with Gasteiger partial charge in [-0.15, -0.1) is 10.2 Å². The lowest BCUT2D eigenvalue weighted by Crippen LogP contribution is -2.03. The molecular formula is C18H24N3O5P3S2+2. The molecule has 8 nitrogen and oxygen atoms in total. The topological polar surface area (TPSA) is 81.6 Å². The highest BCUT2D eigenvalue weighted by molar-refractivity contribution is 8.02. The molecule has 0 heterocycles. The standard InChI is InChI=1S/C18H24N3O5P3S2/c1-19-27(30)25-17-9-5-15(6-10-17)13-20-21(2)28(31)26-18-11-7-16(8-12-18)14-29(22,23-3)24-4/h5-13H,14H2,1-4H3,(H,19,30)/q+2/b20-13+. The molecule has 0 bridgehead atoms. The summed E-state index contributed by atoms with van der Waals surface area (Å²) in [6.45, 7) is 0. The van der Waals surface area contributed by atoms with Crippen molar-refractivity contribution in [3.63, 3.8) is 0 Å². The van der Waals surface area contributed by atoms with E-state index in [2.05, 4.69) is 10.2 Å². The van der Waals surface area contributed by atoms with E-state index in [1.54, 1.807) is 49.4 Å². The highest BCUT2D eigenvalue weighted by atomic mass is 32.4. The molecule has 0 aliphatic rings. The summed E-state index contributed by atoms with van der Waals surface area (Å²) in [5, 5.41) is 7.25. The zero-order valence-corrected chi connectivity index (χ0v) is 21.8. The first-order valence-electron chi connectivity index (χ1n) is 8.93. The normalized spacial score (nSPS) is 12.5. The average molecular weight is 519 g/mol. The van der Waals surface area contributed by atoms with Gasteiger partial charge in [0.15, 0.2) is 11.5 Å². The maximum atomic E-state index is 12.2. The van der Waals surface area contributed by atoms with Crippen molar-refractivity contribution in [3.05, 3.63) is 59.7 Å². The summed E-state index contributed by atoms with van der Waals surface area (Å²) in [4.78, 5) is 0. The van der Waals surface area contributed by atoms with Crippen LogP contribution < -0.4 is 14.1 Å². The minimum absolute atomic E-state index is 0.181. The molecule has 1 N–H and O–H groups in total. The molecule has 2 atom stereocenters. The second kappa shape index (κ2) is 12.6. The lowest BCUT2D eigenvalue weighted by Gasteiger charge is -2.13. The third-order valence-corrected chi connectivity index (χ3v) is 9.15. The number of hydrazone groups is 1. The molecule has 2 aromatic carbocycles. The van der Waals surface area contributed by atoms with E-state index in [0.717, 1.165) is 11.1 Å². The summed E-state index contributed by atoms with van der Waals surface area (Å²) in [5.74, 6) is 1.30. The fourth-order valence-electron chi connectivity index (χ4n) is 2.18. The van der Waals surface area contributed by atoms with E-state index in [4.69, 9.17) is 41.7 Å². The largest absolute Gasteiger partial charge is 0.540 e. The summed E-state index contributed by atoms with van der Waals surface area (Å²) in [7, 11) is 0.645. The van der Waals surface area contributed by atoms with Gasteiger partial charge in [-0.2, -0.15) is 0 Å². The first-order valence-corrected chi connectivity index (χ1v) is 15.2. The van der Waals surface area contributed by atoms with E-state index in [1.165, 1.54) is 14.2 Å². The van der Waals surface area contributed by atoms with Crippen molar-refractivity contribution >= 4 is 51.6 Å². The molecule has 0 radical (unpaired) electrons. The minimum atomic E-state index is -3.11. The molecule has 166 valence electrons. The predicted octanol–water partition coefficient (Wildman–Crippen LogP) is 5.16. The summed E-state index contributed by atoms with van der Waals surface area (Å²) in [6.07, 6.45) is 1.87. The average Bonchev–Trinajstić information content (AvgIpc) is 2.79. The van der Waals surface area contributed by atoms with E-state index >= 15 is 0 Å². The highest BCUT2D eigenvalue weighted by Gasteiger charge is 2.23. The van der Waals surface area contributed by atoms with E-state index in [-0.39, 0.29) is 6.16 Å². The molecule has 2 aromatic rings. The molecule has 0 aliphatic carbocycles. The van der Waals surface area contributed by atoms with Crippen LogP contribution in [0.5, 0.6) is 11.5 Å². The van der Waals surface area contributed by atoms with Crippen LogP contribution in [-0.4, -0.2) is 39.3 Å². The van der Waals surface area contributed by atoms with Gasteiger partial charge >= 0.3 is 21.7 Å². The van der Waals surface area contributed by atoms with Crippen LogP contribution in [0.4, 0.5) is 0 Å². The Morgan fingerprint density at radius 2 is 1.58 bits per heavy atom. The Balaban J connectivity index is 1.92. The van der Waals surface area contributed by atoms with Crippen LogP contribution >= 0.6 is 21.7 Å². The number of rotatable bonds is 12. The van der Waals surface area contributed by atoms with Crippen LogP contribution in [-0.2, 0) is 43.4 Å². The van der Waals surface area contributed by atoms with Gasteiger partial charge in [0.2, 0.25) is 23.6 Å². The molecule has 0 saturated heterocycles. The number of nitrogens with one attached hydrogen (secondary N) is 1. The van der Waals surface area contributed by atoms with Crippen LogP contribution in [0, 0.1) is 0 Å².